The van der Waals surface area contributed by atoms with Gasteiger partial charge in [-0.05, 0) is 25.5 Å². The number of nitrogens with zero attached hydrogens (tertiary/aromatic N) is 2. The molecule has 0 aromatic heterocycles. The van der Waals surface area contributed by atoms with Gasteiger partial charge in [-0.25, -0.2) is 0 Å². The van der Waals surface area contributed by atoms with Gasteiger partial charge in [0.1, 0.15) is 5.75 Å². The van der Waals surface area contributed by atoms with Gasteiger partial charge in [0.2, 0.25) is 11.8 Å². The molecule has 3 aliphatic rings. The fraction of sp³-hybridized carbons (Fsp3) is 0.471. The maximum Gasteiger partial charge on any atom is 0.263 e. The maximum absolute atomic E-state index is 12.3. The summed E-state index contributed by atoms with van der Waals surface area (Å²) < 4.78 is 5.62. The van der Waals surface area contributed by atoms with Crippen molar-refractivity contribution in [2.24, 2.45) is 11.8 Å². The van der Waals surface area contributed by atoms with E-state index in [1.807, 2.05) is 18.2 Å². The number of imide groups is 1. The van der Waals surface area contributed by atoms with Gasteiger partial charge in [0, 0.05) is 13.1 Å². The Hall–Kier alpha value is -2.37. The molecule has 0 N–H and O–H groups in total. The fourth-order valence-electron chi connectivity index (χ4n) is 3.38. The molecule has 1 aromatic carbocycles. The molecule has 3 unspecified atom stereocenters. The number of rotatable bonds is 4. The highest BCUT2D eigenvalue weighted by Gasteiger charge is 2.61. The number of amides is 3. The highest BCUT2D eigenvalue weighted by atomic mass is 16.5. The number of hydrogen-bond donors (Lipinski definition) is 0. The van der Waals surface area contributed by atoms with Crippen LogP contribution in [0.25, 0.3) is 0 Å². The highest BCUT2D eigenvalue weighted by Crippen LogP contribution is 2.48. The van der Waals surface area contributed by atoms with Gasteiger partial charge in [0.25, 0.3) is 5.91 Å². The predicted molar refractivity (Wildman–Crippen MR) is 80.4 cm³/mol. The van der Waals surface area contributed by atoms with Crippen molar-refractivity contribution in [3.63, 3.8) is 0 Å². The largest absolute Gasteiger partial charge is 0.481 e. The first kappa shape index (κ1) is 14.2. The van der Waals surface area contributed by atoms with E-state index < -0.39 is 6.10 Å². The molecule has 2 saturated heterocycles. The number of piperidine rings is 1. The van der Waals surface area contributed by atoms with Gasteiger partial charge in [-0.1, -0.05) is 18.2 Å². The number of ether oxygens (including phenoxy) is 1. The summed E-state index contributed by atoms with van der Waals surface area (Å²) in [6, 6.07) is 9.03. The minimum atomic E-state index is -0.586. The topological polar surface area (TPSA) is 66.9 Å². The summed E-state index contributed by atoms with van der Waals surface area (Å²) in [5, 5.41) is 0. The molecular weight excluding hydrogens is 296 g/mol. The van der Waals surface area contributed by atoms with Crippen molar-refractivity contribution in [1.29, 1.82) is 0 Å². The van der Waals surface area contributed by atoms with Crippen LogP contribution in [0.1, 0.15) is 13.3 Å². The van der Waals surface area contributed by atoms with Gasteiger partial charge in [0.05, 0.1) is 17.9 Å². The van der Waals surface area contributed by atoms with Crippen molar-refractivity contribution in [3.8, 4) is 5.75 Å². The Morgan fingerprint density at radius 1 is 1.13 bits per heavy atom. The summed E-state index contributed by atoms with van der Waals surface area (Å²) >= 11 is 0. The summed E-state index contributed by atoms with van der Waals surface area (Å²) in [4.78, 5) is 39.4. The van der Waals surface area contributed by atoms with E-state index in [1.54, 1.807) is 24.0 Å². The SMILES string of the molecule is CC(Oc1ccccc1)C(=O)N1CC(N2C(=O)C3CC3C2=O)C1. The molecular formula is C17H18N2O4. The molecule has 3 atom stereocenters. The van der Waals surface area contributed by atoms with Crippen LogP contribution in [0, 0.1) is 11.8 Å². The second kappa shape index (κ2) is 5.08. The van der Waals surface area contributed by atoms with Gasteiger partial charge >= 0.3 is 0 Å². The van der Waals surface area contributed by atoms with Crippen LogP contribution >= 0.6 is 0 Å². The normalized spacial score (nSPS) is 27.5. The van der Waals surface area contributed by atoms with E-state index in [0.29, 0.717) is 25.3 Å². The molecule has 1 aromatic rings. The quantitative estimate of drug-likeness (QED) is 0.766. The third-order valence-corrected chi connectivity index (χ3v) is 4.84. The lowest BCUT2D eigenvalue weighted by Crippen LogP contribution is -2.64. The minimum absolute atomic E-state index is 0.0503. The van der Waals surface area contributed by atoms with Crippen LogP contribution in [-0.4, -0.2) is 52.8 Å². The number of benzene rings is 1. The standard InChI is InChI=1S/C17H18N2O4/c1-10(23-12-5-3-2-4-6-12)15(20)18-8-11(9-18)19-16(21)13-7-14(13)17(19)22/h2-6,10-11,13-14H,7-9H2,1H3. The lowest BCUT2D eigenvalue weighted by molar-refractivity contribution is -0.156. The molecule has 2 heterocycles. The van der Waals surface area contributed by atoms with Gasteiger partial charge < -0.3 is 9.64 Å². The third kappa shape index (κ3) is 2.29. The molecule has 4 rings (SSSR count). The second-order valence-corrected chi connectivity index (χ2v) is 6.47. The van der Waals surface area contributed by atoms with Crippen LogP contribution in [0.5, 0.6) is 5.75 Å². The summed E-state index contributed by atoms with van der Waals surface area (Å²) in [5.41, 5.74) is 0. The zero-order valence-corrected chi connectivity index (χ0v) is 12.8. The number of hydrogen-bond acceptors (Lipinski definition) is 4. The number of likely N-dealkylation sites (tertiary alicyclic amines) is 2. The number of carbonyl (C=O) groups is 3. The fourth-order valence-corrected chi connectivity index (χ4v) is 3.38. The Morgan fingerprint density at radius 2 is 1.74 bits per heavy atom. The van der Waals surface area contributed by atoms with Crippen molar-refractivity contribution in [1.82, 2.24) is 9.80 Å². The molecule has 0 radical (unpaired) electrons. The zero-order valence-electron chi connectivity index (χ0n) is 12.8. The Kier molecular flexibility index (Phi) is 3.14. The van der Waals surface area contributed by atoms with Crippen LogP contribution in [0.2, 0.25) is 0 Å². The molecule has 3 fully saturated rings. The van der Waals surface area contributed by atoms with Crippen molar-refractivity contribution in [2.45, 2.75) is 25.5 Å². The summed E-state index contributed by atoms with van der Waals surface area (Å²) in [6.07, 6.45) is 0.127. The Labute approximate surface area is 134 Å². The van der Waals surface area contributed by atoms with E-state index in [0.717, 1.165) is 0 Å². The second-order valence-electron chi connectivity index (χ2n) is 6.47. The van der Waals surface area contributed by atoms with Crippen molar-refractivity contribution < 1.29 is 19.1 Å². The first-order valence-corrected chi connectivity index (χ1v) is 7.93. The van der Waals surface area contributed by atoms with Crippen molar-refractivity contribution in [2.75, 3.05) is 13.1 Å². The molecule has 1 saturated carbocycles. The highest BCUT2D eigenvalue weighted by molar-refractivity contribution is 6.09. The first-order valence-electron chi connectivity index (χ1n) is 7.93. The molecule has 0 spiro atoms. The van der Waals surface area contributed by atoms with Crippen LogP contribution in [0.15, 0.2) is 30.3 Å². The Balaban J connectivity index is 1.32. The van der Waals surface area contributed by atoms with E-state index in [9.17, 15) is 14.4 Å². The van der Waals surface area contributed by atoms with Crippen molar-refractivity contribution >= 4 is 17.7 Å². The van der Waals surface area contributed by atoms with Crippen LogP contribution < -0.4 is 4.74 Å². The summed E-state index contributed by atoms with van der Waals surface area (Å²) in [7, 11) is 0. The van der Waals surface area contributed by atoms with Crippen LogP contribution in [0.3, 0.4) is 0 Å². The minimum Gasteiger partial charge on any atom is -0.481 e. The molecule has 6 heteroatoms. The average molecular weight is 314 g/mol. The molecule has 1 aliphatic carbocycles. The monoisotopic (exact) mass is 314 g/mol. The van der Waals surface area contributed by atoms with Crippen LogP contribution in [-0.2, 0) is 14.4 Å². The van der Waals surface area contributed by atoms with E-state index in [1.165, 1.54) is 4.90 Å². The molecule has 2 aliphatic heterocycles. The smallest absolute Gasteiger partial charge is 0.263 e. The lowest BCUT2D eigenvalue weighted by Gasteiger charge is -2.44. The summed E-state index contributed by atoms with van der Waals surface area (Å²) in [6.45, 7) is 2.54. The van der Waals surface area contributed by atoms with E-state index in [2.05, 4.69) is 0 Å². The van der Waals surface area contributed by atoms with Crippen molar-refractivity contribution in [3.05, 3.63) is 30.3 Å². The van der Waals surface area contributed by atoms with Gasteiger partial charge in [-0.15, -0.1) is 0 Å². The van der Waals surface area contributed by atoms with Gasteiger partial charge in [0.15, 0.2) is 6.10 Å². The molecule has 0 bridgehead atoms. The zero-order chi connectivity index (χ0) is 16.1. The van der Waals surface area contributed by atoms with Gasteiger partial charge in [-0.2, -0.15) is 0 Å². The number of carbonyl (C=O) groups excluding carboxylic acids is 3. The number of fused-ring (bicyclic) bond motifs is 1. The van der Waals surface area contributed by atoms with E-state index in [4.69, 9.17) is 4.74 Å². The summed E-state index contributed by atoms with van der Waals surface area (Å²) in [5.74, 6) is 0.279. The Bertz CT molecular complexity index is 648. The molecule has 3 amide bonds. The lowest BCUT2D eigenvalue weighted by atomic mass is 10.1. The van der Waals surface area contributed by atoms with E-state index >= 15 is 0 Å². The number of para-hydroxylation sites is 1. The third-order valence-electron chi connectivity index (χ3n) is 4.84. The average Bonchev–Trinajstić information content (AvgIpc) is 3.25. The molecule has 120 valence electrons. The van der Waals surface area contributed by atoms with Crippen LogP contribution in [0.4, 0.5) is 0 Å². The molecule has 6 nitrogen and oxygen atoms in total. The maximum atomic E-state index is 12.3. The van der Waals surface area contributed by atoms with Gasteiger partial charge in [-0.3, -0.25) is 19.3 Å². The molecule has 23 heavy (non-hydrogen) atoms. The predicted octanol–water partition coefficient (Wildman–Crippen LogP) is 0.670. The Morgan fingerprint density at radius 3 is 2.35 bits per heavy atom. The van der Waals surface area contributed by atoms with E-state index in [-0.39, 0.29) is 35.6 Å². The first-order chi connectivity index (χ1) is 11.1.